The minimum absolute atomic E-state index is 0.397. The maximum atomic E-state index is 12.9. The topological polar surface area (TPSA) is 52.2 Å². The number of aromatic amines is 1. The molecule has 1 aliphatic heterocycles. The average molecular weight is 338 g/mol. The predicted octanol–water partition coefficient (Wildman–Crippen LogP) is 2.39. The molecule has 128 valence electrons. The Morgan fingerprint density at radius 1 is 1.12 bits per heavy atom. The molecule has 1 saturated heterocycles. The summed E-state index contributed by atoms with van der Waals surface area (Å²) < 4.78 is 38.6. The van der Waals surface area contributed by atoms with Crippen molar-refractivity contribution in [2.45, 2.75) is 12.7 Å². The Labute approximate surface area is 137 Å². The third-order valence-corrected chi connectivity index (χ3v) is 4.06. The van der Waals surface area contributed by atoms with Crippen molar-refractivity contribution in [1.29, 1.82) is 0 Å². The summed E-state index contributed by atoms with van der Waals surface area (Å²) in [6, 6.07) is 9.93. The second-order valence-electron chi connectivity index (χ2n) is 5.71. The lowest BCUT2D eigenvalue weighted by Gasteiger charge is -2.34. The molecule has 0 atom stereocenters. The maximum Gasteiger partial charge on any atom is 0.433 e. The van der Waals surface area contributed by atoms with Gasteiger partial charge in [-0.2, -0.15) is 18.3 Å². The Morgan fingerprint density at radius 3 is 2.42 bits per heavy atom. The molecule has 5 nitrogen and oxygen atoms in total. The largest absolute Gasteiger partial charge is 0.433 e. The second kappa shape index (κ2) is 6.64. The molecule has 3 rings (SSSR count). The molecule has 1 aromatic carbocycles. The second-order valence-corrected chi connectivity index (χ2v) is 5.71. The Bertz CT molecular complexity index is 691. The summed E-state index contributed by atoms with van der Waals surface area (Å²) in [6.45, 7) is 2.81. The molecule has 24 heavy (non-hydrogen) atoms. The Kier molecular flexibility index (Phi) is 4.57. The highest BCUT2D eigenvalue weighted by molar-refractivity contribution is 5.95. The fourth-order valence-corrected chi connectivity index (χ4v) is 2.79. The van der Waals surface area contributed by atoms with Crippen LogP contribution in [0.4, 0.5) is 13.2 Å². The van der Waals surface area contributed by atoms with Crippen LogP contribution in [0, 0.1) is 0 Å². The van der Waals surface area contributed by atoms with Gasteiger partial charge >= 0.3 is 6.18 Å². The molecule has 1 aromatic heterocycles. The number of nitrogens with one attached hydrogen (secondary N) is 1. The zero-order valence-corrected chi connectivity index (χ0v) is 12.9. The standard InChI is InChI=1S/C16H17F3N4O/c17-16(18,19)14-13(10-20-21-14)15(24)23-8-6-22(7-9-23)11-12-4-2-1-3-5-12/h1-5,10H,6-9,11H2,(H,20,21). The minimum atomic E-state index is -4.61. The van der Waals surface area contributed by atoms with Gasteiger partial charge in [-0.05, 0) is 5.56 Å². The summed E-state index contributed by atoms with van der Waals surface area (Å²) in [5.74, 6) is -0.629. The third kappa shape index (κ3) is 3.59. The quantitative estimate of drug-likeness (QED) is 0.935. The van der Waals surface area contributed by atoms with Crippen LogP contribution in [0.15, 0.2) is 36.5 Å². The highest BCUT2D eigenvalue weighted by atomic mass is 19.4. The third-order valence-electron chi connectivity index (χ3n) is 4.06. The number of halogens is 3. The van der Waals surface area contributed by atoms with E-state index in [1.54, 1.807) is 0 Å². The van der Waals surface area contributed by atoms with E-state index < -0.39 is 23.3 Å². The van der Waals surface area contributed by atoms with Crippen molar-refractivity contribution in [3.05, 3.63) is 53.3 Å². The number of aromatic nitrogens is 2. The van der Waals surface area contributed by atoms with Crippen molar-refractivity contribution in [3.63, 3.8) is 0 Å². The zero-order chi connectivity index (χ0) is 17.2. The normalized spacial score (nSPS) is 16.4. The van der Waals surface area contributed by atoms with Crippen molar-refractivity contribution in [3.8, 4) is 0 Å². The summed E-state index contributed by atoms with van der Waals surface area (Å²) in [6.07, 6.45) is -3.67. The summed E-state index contributed by atoms with van der Waals surface area (Å²) >= 11 is 0. The molecule has 0 radical (unpaired) electrons. The van der Waals surface area contributed by atoms with Crippen LogP contribution in [0.3, 0.4) is 0 Å². The van der Waals surface area contributed by atoms with E-state index in [9.17, 15) is 18.0 Å². The number of piperazine rings is 1. The Hall–Kier alpha value is -2.35. The molecule has 2 heterocycles. The highest BCUT2D eigenvalue weighted by Crippen LogP contribution is 2.30. The van der Waals surface area contributed by atoms with Crippen molar-refractivity contribution in [2.75, 3.05) is 26.2 Å². The van der Waals surface area contributed by atoms with Gasteiger partial charge in [-0.1, -0.05) is 30.3 Å². The molecular formula is C16H17F3N4O. The first-order valence-electron chi connectivity index (χ1n) is 7.61. The summed E-state index contributed by atoms with van der Waals surface area (Å²) in [5, 5.41) is 5.25. The lowest BCUT2D eigenvalue weighted by atomic mass is 10.1. The fraction of sp³-hybridized carbons (Fsp3) is 0.375. The lowest BCUT2D eigenvalue weighted by Crippen LogP contribution is -2.48. The zero-order valence-electron chi connectivity index (χ0n) is 12.9. The van der Waals surface area contributed by atoms with Crippen molar-refractivity contribution < 1.29 is 18.0 Å². The van der Waals surface area contributed by atoms with Crippen LogP contribution in [-0.2, 0) is 12.7 Å². The first-order valence-corrected chi connectivity index (χ1v) is 7.61. The molecule has 0 spiro atoms. The van der Waals surface area contributed by atoms with Gasteiger partial charge in [0.25, 0.3) is 5.91 Å². The van der Waals surface area contributed by atoms with Crippen LogP contribution in [0.5, 0.6) is 0 Å². The van der Waals surface area contributed by atoms with Crippen LogP contribution in [0.25, 0.3) is 0 Å². The van der Waals surface area contributed by atoms with E-state index in [0.29, 0.717) is 26.2 Å². The van der Waals surface area contributed by atoms with Gasteiger partial charge in [-0.3, -0.25) is 14.8 Å². The number of alkyl halides is 3. The number of hydrogen-bond acceptors (Lipinski definition) is 3. The number of hydrogen-bond donors (Lipinski definition) is 1. The van der Waals surface area contributed by atoms with Gasteiger partial charge in [-0.15, -0.1) is 0 Å². The van der Waals surface area contributed by atoms with Crippen molar-refractivity contribution in [1.82, 2.24) is 20.0 Å². The number of H-pyrrole nitrogens is 1. The SMILES string of the molecule is O=C(c1cn[nH]c1C(F)(F)F)N1CCN(Cc2ccccc2)CC1. The van der Waals surface area contributed by atoms with Crippen molar-refractivity contribution >= 4 is 5.91 Å². The van der Waals surface area contributed by atoms with Gasteiger partial charge in [0.05, 0.1) is 11.8 Å². The fourth-order valence-electron chi connectivity index (χ4n) is 2.79. The molecule has 0 saturated carbocycles. The Morgan fingerprint density at radius 2 is 1.79 bits per heavy atom. The van der Waals surface area contributed by atoms with Crippen LogP contribution < -0.4 is 0 Å². The van der Waals surface area contributed by atoms with Gasteiger partial charge < -0.3 is 4.90 Å². The molecule has 0 bridgehead atoms. The maximum absolute atomic E-state index is 12.9. The summed E-state index contributed by atoms with van der Waals surface area (Å²) in [5.41, 5.74) is -0.329. The predicted molar refractivity (Wildman–Crippen MR) is 81.2 cm³/mol. The molecule has 1 amide bonds. The van der Waals surface area contributed by atoms with Crippen LogP contribution in [0.2, 0.25) is 0 Å². The van der Waals surface area contributed by atoms with Gasteiger partial charge in [-0.25, -0.2) is 0 Å². The van der Waals surface area contributed by atoms with E-state index in [0.717, 1.165) is 12.7 Å². The first-order chi connectivity index (χ1) is 11.4. The molecular weight excluding hydrogens is 321 g/mol. The Balaban J connectivity index is 1.61. The van der Waals surface area contributed by atoms with Crippen molar-refractivity contribution in [2.24, 2.45) is 0 Å². The van der Waals surface area contributed by atoms with Gasteiger partial charge in [0.15, 0.2) is 5.69 Å². The van der Waals surface area contributed by atoms with Crippen LogP contribution in [0.1, 0.15) is 21.6 Å². The van der Waals surface area contributed by atoms with Gasteiger partial charge in [0, 0.05) is 32.7 Å². The number of carbonyl (C=O) groups excluding carboxylic acids is 1. The number of nitrogens with zero attached hydrogens (tertiary/aromatic N) is 3. The van der Waals surface area contributed by atoms with E-state index >= 15 is 0 Å². The molecule has 8 heteroatoms. The number of amides is 1. The summed E-state index contributed by atoms with van der Waals surface area (Å²) in [7, 11) is 0. The van der Waals surface area contributed by atoms with E-state index in [1.807, 2.05) is 35.4 Å². The molecule has 1 fully saturated rings. The smallest absolute Gasteiger partial charge is 0.336 e. The molecule has 1 aliphatic rings. The van der Waals surface area contributed by atoms with E-state index in [2.05, 4.69) is 10.00 Å². The highest BCUT2D eigenvalue weighted by Gasteiger charge is 2.38. The molecule has 0 unspecified atom stereocenters. The van der Waals surface area contributed by atoms with E-state index in [1.165, 1.54) is 10.5 Å². The van der Waals surface area contributed by atoms with E-state index in [4.69, 9.17) is 0 Å². The van der Waals surface area contributed by atoms with Crippen LogP contribution in [-0.4, -0.2) is 52.1 Å². The number of rotatable bonds is 3. The molecule has 2 aromatic rings. The van der Waals surface area contributed by atoms with Gasteiger partial charge in [0.2, 0.25) is 0 Å². The molecule has 0 aliphatic carbocycles. The van der Waals surface area contributed by atoms with E-state index in [-0.39, 0.29) is 0 Å². The average Bonchev–Trinajstić information content (AvgIpc) is 3.06. The number of benzene rings is 1. The van der Waals surface area contributed by atoms with Crippen LogP contribution >= 0.6 is 0 Å². The minimum Gasteiger partial charge on any atom is -0.336 e. The number of carbonyl (C=O) groups is 1. The van der Waals surface area contributed by atoms with Gasteiger partial charge in [0.1, 0.15) is 0 Å². The summed E-state index contributed by atoms with van der Waals surface area (Å²) in [4.78, 5) is 16.0. The monoisotopic (exact) mass is 338 g/mol. The first kappa shape index (κ1) is 16.5. The lowest BCUT2D eigenvalue weighted by molar-refractivity contribution is -0.141. The molecule has 1 N–H and O–H groups in total.